The number of carbonyl (C=O) groups is 3. The third kappa shape index (κ3) is 7.42. The van der Waals surface area contributed by atoms with Gasteiger partial charge in [-0.2, -0.15) is 11.3 Å². The second kappa shape index (κ2) is 12.7. The molecule has 0 bridgehead atoms. The van der Waals surface area contributed by atoms with Gasteiger partial charge in [-0.05, 0) is 70.9 Å². The van der Waals surface area contributed by atoms with Crippen LogP contribution < -0.4 is 15.4 Å². The molecular formula is C29H24N2O4S2. The summed E-state index contributed by atoms with van der Waals surface area (Å²) >= 11 is 2.87. The van der Waals surface area contributed by atoms with Crippen LogP contribution in [0.15, 0.2) is 106 Å². The predicted molar refractivity (Wildman–Crippen MR) is 149 cm³/mol. The quantitative estimate of drug-likeness (QED) is 0.147. The molecule has 6 nitrogen and oxygen atoms in total. The van der Waals surface area contributed by atoms with Gasteiger partial charge in [0.05, 0.1) is 12.9 Å². The summed E-state index contributed by atoms with van der Waals surface area (Å²) in [6.07, 6.45) is 1.64. The third-order valence-electron chi connectivity index (χ3n) is 5.24. The Bertz CT molecular complexity index is 1420. The lowest BCUT2D eigenvalue weighted by Crippen LogP contribution is -2.30. The summed E-state index contributed by atoms with van der Waals surface area (Å²) in [6, 6.07) is 24.9. The highest BCUT2D eigenvalue weighted by molar-refractivity contribution is 8.00. The zero-order chi connectivity index (χ0) is 26.0. The molecule has 0 radical (unpaired) electrons. The molecule has 0 aliphatic rings. The fourth-order valence-corrected chi connectivity index (χ4v) is 4.82. The van der Waals surface area contributed by atoms with E-state index < -0.39 is 5.91 Å². The number of ketones is 1. The summed E-state index contributed by atoms with van der Waals surface area (Å²) in [4.78, 5) is 39.3. The highest BCUT2D eigenvalue weighted by atomic mass is 32.2. The minimum absolute atomic E-state index is 0.0251. The Kier molecular flexibility index (Phi) is 8.91. The van der Waals surface area contributed by atoms with Crippen molar-refractivity contribution in [1.82, 2.24) is 5.32 Å². The molecule has 2 N–H and O–H groups in total. The predicted octanol–water partition coefficient (Wildman–Crippen LogP) is 6.14. The molecule has 0 spiro atoms. The summed E-state index contributed by atoms with van der Waals surface area (Å²) in [6.45, 7) is 0. The Morgan fingerprint density at radius 3 is 2.46 bits per heavy atom. The Morgan fingerprint density at radius 2 is 1.70 bits per heavy atom. The highest BCUT2D eigenvalue weighted by Gasteiger charge is 2.16. The van der Waals surface area contributed by atoms with Gasteiger partial charge in [0, 0.05) is 21.7 Å². The van der Waals surface area contributed by atoms with Crippen molar-refractivity contribution >= 4 is 52.5 Å². The van der Waals surface area contributed by atoms with Gasteiger partial charge in [0.25, 0.3) is 11.8 Å². The molecule has 0 aliphatic heterocycles. The second-order valence-corrected chi connectivity index (χ2v) is 9.69. The molecule has 1 aromatic heterocycles. The Labute approximate surface area is 223 Å². The van der Waals surface area contributed by atoms with Crippen LogP contribution in [0.5, 0.6) is 5.75 Å². The number of carbonyl (C=O) groups excluding carboxylic acids is 3. The summed E-state index contributed by atoms with van der Waals surface area (Å²) in [7, 11) is 1.56. The molecule has 1 heterocycles. The molecule has 4 aromatic rings. The van der Waals surface area contributed by atoms with Crippen LogP contribution in [0.1, 0.15) is 26.3 Å². The lowest BCUT2D eigenvalue weighted by atomic mass is 10.1. The largest absolute Gasteiger partial charge is 0.497 e. The maximum Gasteiger partial charge on any atom is 0.272 e. The van der Waals surface area contributed by atoms with Gasteiger partial charge in [0.2, 0.25) is 0 Å². The normalized spacial score (nSPS) is 11.0. The summed E-state index contributed by atoms with van der Waals surface area (Å²) in [5, 5.41) is 9.37. The minimum atomic E-state index is -0.454. The van der Waals surface area contributed by atoms with Gasteiger partial charge in [-0.3, -0.25) is 14.4 Å². The number of hydrogen-bond acceptors (Lipinski definition) is 6. The molecule has 37 heavy (non-hydrogen) atoms. The number of benzene rings is 3. The van der Waals surface area contributed by atoms with E-state index in [1.54, 1.807) is 79.9 Å². The molecule has 0 saturated heterocycles. The second-order valence-electron chi connectivity index (χ2n) is 7.86. The van der Waals surface area contributed by atoms with E-state index in [0.717, 1.165) is 10.5 Å². The van der Waals surface area contributed by atoms with Crippen molar-refractivity contribution < 1.29 is 19.1 Å². The van der Waals surface area contributed by atoms with Gasteiger partial charge in [-0.25, -0.2) is 0 Å². The summed E-state index contributed by atoms with van der Waals surface area (Å²) in [5.74, 6) is 0.0120. The molecule has 0 saturated carbocycles. The number of Topliss-reactive ketones (excluding diaryl/α,β-unsaturated/α-hetero) is 1. The van der Waals surface area contributed by atoms with Crippen molar-refractivity contribution in [3.63, 3.8) is 0 Å². The number of anilines is 1. The Morgan fingerprint density at radius 1 is 0.919 bits per heavy atom. The maximum absolute atomic E-state index is 13.2. The van der Waals surface area contributed by atoms with Crippen LogP contribution in [-0.4, -0.2) is 30.5 Å². The van der Waals surface area contributed by atoms with Crippen LogP contribution in [0.2, 0.25) is 0 Å². The van der Waals surface area contributed by atoms with E-state index in [-0.39, 0.29) is 23.1 Å². The van der Waals surface area contributed by atoms with Crippen molar-refractivity contribution in [3.8, 4) is 5.75 Å². The Hall–Kier alpha value is -4.14. The molecule has 186 valence electrons. The number of hydrogen-bond donors (Lipinski definition) is 2. The zero-order valence-electron chi connectivity index (χ0n) is 20.0. The van der Waals surface area contributed by atoms with Crippen molar-refractivity contribution in [1.29, 1.82) is 0 Å². The van der Waals surface area contributed by atoms with E-state index >= 15 is 0 Å². The molecule has 4 rings (SSSR count). The van der Waals surface area contributed by atoms with Gasteiger partial charge >= 0.3 is 0 Å². The first-order chi connectivity index (χ1) is 18.0. The fourth-order valence-electron chi connectivity index (χ4n) is 3.36. The lowest BCUT2D eigenvalue weighted by molar-refractivity contribution is -0.113. The summed E-state index contributed by atoms with van der Waals surface area (Å²) < 4.78 is 5.19. The number of amides is 2. The highest BCUT2D eigenvalue weighted by Crippen LogP contribution is 2.24. The van der Waals surface area contributed by atoms with E-state index in [2.05, 4.69) is 10.6 Å². The van der Waals surface area contributed by atoms with Crippen molar-refractivity contribution in [2.45, 2.75) is 4.90 Å². The van der Waals surface area contributed by atoms with E-state index in [1.807, 2.05) is 29.0 Å². The van der Waals surface area contributed by atoms with Crippen molar-refractivity contribution in [3.05, 3.63) is 118 Å². The first-order valence-corrected chi connectivity index (χ1v) is 13.3. The number of thioether (sulfide) groups is 1. The average molecular weight is 529 g/mol. The molecule has 8 heteroatoms. The van der Waals surface area contributed by atoms with Crippen molar-refractivity contribution in [2.24, 2.45) is 0 Å². The topological polar surface area (TPSA) is 84.5 Å². The molecular weight excluding hydrogens is 504 g/mol. The fraction of sp³-hybridized carbons (Fsp3) is 0.0690. The number of ether oxygens (including phenoxy) is 1. The number of methoxy groups -OCH3 is 1. The van der Waals surface area contributed by atoms with E-state index in [4.69, 9.17) is 4.74 Å². The van der Waals surface area contributed by atoms with Crippen LogP contribution in [0.25, 0.3) is 6.08 Å². The number of nitrogens with one attached hydrogen (secondary N) is 2. The van der Waals surface area contributed by atoms with Crippen LogP contribution in [0, 0.1) is 0 Å². The molecule has 0 aliphatic carbocycles. The molecule has 2 amide bonds. The van der Waals surface area contributed by atoms with E-state index in [1.165, 1.54) is 23.1 Å². The van der Waals surface area contributed by atoms with Crippen LogP contribution in [-0.2, 0) is 4.79 Å². The zero-order valence-corrected chi connectivity index (χ0v) is 21.6. The minimum Gasteiger partial charge on any atom is -0.497 e. The number of thiophene rings is 1. The number of rotatable bonds is 10. The van der Waals surface area contributed by atoms with Gasteiger partial charge in [0.1, 0.15) is 11.4 Å². The third-order valence-corrected chi connectivity index (χ3v) is 6.93. The van der Waals surface area contributed by atoms with Crippen LogP contribution in [0.3, 0.4) is 0 Å². The molecule has 0 unspecified atom stereocenters. The van der Waals surface area contributed by atoms with Crippen molar-refractivity contribution in [2.75, 3.05) is 18.2 Å². The first-order valence-electron chi connectivity index (χ1n) is 11.3. The van der Waals surface area contributed by atoms with E-state index in [0.29, 0.717) is 22.6 Å². The summed E-state index contributed by atoms with van der Waals surface area (Å²) in [5.41, 5.74) is 2.51. The maximum atomic E-state index is 13.2. The molecule has 3 aromatic carbocycles. The van der Waals surface area contributed by atoms with Crippen LogP contribution in [0.4, 0.5) is 5.69 Å². The molecule has 0 atom stereocenters. The first kappa shape index (κ1) is 25.9. The van der Waals surface area contributed by atoms with Gasteiger partial charge in [-0.15, -0.1) is 11.8 Å². The van der Waals surface area contributed by atoms with Gasteiger partial charge in [-0.1, -0.05) is 36.4 Å². The average Bonchev–Trinajstić information content (AvgIpc) is 3.45. The van der Waals surface area contributed by atoms with Gasteiger partial charge in [0.15, 0.2) is 5.78 Å². The van der Waals surface area contributed by atoms with E-state index in [9.17, 15) is 14.4 Å². The SMILES string of the molecule is COc1cccc(C(=O)CSc2cccc(NC(=O)/C(=C/c3ccsc3)NC(=O)c3ccccc3)c2)c1. The van der Waals surface area contributed by atoms with Crippen LogP contribution >= 0.6 is 23.1 Å². The molecule has 0 fully saturated rings. The monoisotopic (exact) mass is 528 g/mol. The lowest BCUT2D eigenvalue weighted by Gasteiger charge is -2.12. The van der Waals surface area contributed by atoms with Gasteiger partial charge < -0.3 is 15.4 Å². The smallest absolute Gasteiger partial charge is 0.272 e. The standard InChI is InChI=1S/C29H24N2O4S2/c1-35-24-11-5-9-22(16-24)27(32)19-37-25-12-6-10-23(17-25)30-29(34)26(15-20-13-14-36-18-20)31-28(33)21-7-3-2-4-8-21/h2-18H,19H2,1H3,(H,30,34)(H,31,33)/b26-15-. The Balaban J connectivity index is 1.44.